The third-order valence-corrected chi connectivity index (χ3v) is 2.64. The van der Waals surface area contributed by atoms with Crippen molar-refractivity contribution < 1.29 is 0 Å². The maximum absolute atomic E-state index is 2.36. The molecule has 0 heteroatoms. The van der Waals surface area contributed by atoms with Crippen molar-refractivity contribution in [2.45, 2.75) is 54.9 Å². The highest BCUT2D eigenvalue weighted by Gasteiger charge is 2.27. The summed E-state index contributed by atoms with van der Waals surface area (Å²) in [6.07, 6.45) is 1.36. The van der Waals surface area contributed by atoms with Gasteiger partial charge in [-0.3, -0.25) is 0 Å². The molecule has 0 aliphatic heterocycles. The Morgan fingerprint density at radius 2 is 1.33 bits per heavy atom. The molecule has 0 aromatic carbocycles. The summed E-state index contributed by atoms with van der Waals surface area (Å²) < 4.78 is 0. The molecule has 0 heterocycles. The molecule has 0 nitrogen and oxygen atoms in total. The van der Waals surface area contributed by atoms with E-state index in [4.69, 9.17) is 0 Å². The summed E-state index contributed by atoms with van der Waals surface area (Å²) in [6, 6.07) is 0. The van der Waals surface area contributed by atoms with E-state index in [0.29, 0.717) is 5.41 Å². The first-order chi connectivity index (χ1) is 5.25. The van der Waals surface area contributed by atoms with E-state index in [1.54, 1.807) is 0 Å². The van der Waals surface area contributed by atoms with Crippen LogP contribution in [0.25, 0.3) is 0 Å². The van der Waals surface area contributed by atoms with E-state index in [-0.39, 0.29) is 0 Å². The van der Waals surface area contributed by atoms with Crippen molar-refractivity contribution in [2.24, 2.45) is 23.2 Å². The number of hydrogen-bond donors (Lipinski definition) is 0. The van der Waals surface area contributed by atoms with Crippen molar-refractivity contribution in [3.63, 3.8) is 0 Å². The summed E-state index contributed by atoms with van der Waals surface area (Å²) in [4.78, 5) is 0. The predicted octanol–water partition coefficient (Wildman–Crippen LogP) is 4.35. The first-order valence-electron chi connectivity index (χ1n) is 5.25. The van der Waals surface area contributed by atoms with E-state index in [0.717, 1.165) is 17.8 Å². The molecule has 1 unspecified atom stereocenters. The summed E-state index contributed by atoms with van der Waals surface area (Å²) in [5.74, 6) is 2.50. The van der Waals surface area contributed by atoms with Crippen molar-refractivity contribution in [1.82, 2.24) is 0 Å². The fourth-order valence-corrected chi connectivity index (χ4v) is 2.13. The van der Waals surface area contributed by atoms with E-state index in [9.17, 15) is 0 Å². The van der Waals surface area contributed by atoms with Crippen LogP contribution in [0.4, 0.5) is 0 Å². The average molecular weight is 170 g/mol. The van der Waals surface area contributed by atoms with Crippen molar-refractivity contribution in [3.05, 3.63) is 0 Å². The molecular formula is C12H26. The quantitative estimate of drug-likeness (QED) is 0.590. The fraction of sp³-hybridized carbons (Fsp3) is 1.00. The molecular weight excluding hydrogens is 144 g/mol. The Hall–Kier alpha value is 0. The van der Waals surface area contributed by atoms with Gasteiger partial charge in [-0.2, -0.15) is 0 Å². The van der Waals surface area contributed by atoms with Crippen molar-refractivity contribution in [3.8, 4) is 0 Å². The van der Waals surface area contributed by atoms with Gasteiger partial charge in [-0.1, -0.05) is 48.5 Å². The average Bonchev–Trinajstić information content (AvgIpc) is 1.79. The van der Waals surface area contributed by atoms with Gasteiger partial charge in [-0.25, -0.2) is 0 Å². The molecule has 0 aromatic rings. The molecule has 1 atom stereocenters. The van der Waals surface area contributed by atoms with Crippen LogP contribution in [-0.4, -0.2) is 0 Å². The SMILES string of the molecule is CC(C)CC(C(C)C)C(C)(C)C. The Labute approximate surface area is 78.8 Å². The van der Waals surface area contributed by atoms with Gasteiger partial charge in [-0.15, -0.1) is 0 Å². The zero-order valence-corrected chi connectivity index (χ0v) is 9.94. The lowest BCUT2D eigenvalue weighted by atomic mass is 9.71. The highest BCUT2D eigenvalue weighted by atomic mass is 14.3. The lowest BCUT2D eigenvalue weighted by Gasteiger charge is -2.35. The molecule has 0 saturated heterocycles. The van der Waals surface area contributed by atoms with Gasteiger partial charge in [0, 0.05) is 0 Å². The molecule has 0 aromatic heterocycles. The second-order valence-electron chi connectivity index (χ2n) is 5.85. The summed E-state index contributed by atoms with van der Waals surface area (Å²) in [7, 11) is 0. The fourth-order valence-electron chi connectivity index (χ4n) is 2.13. The topological polar surface area (TPSA) is 0 Å². The van der Waals surface area contributed by atoms with E-state index >= 15 is 0 Å². The van der Waals surface area contributed by atoms with Crippen LogP contribution in [0.15, 0.2) is 0 Å². The normalized spacial score (nSPS) is 15.8. The van der Waals surface area contributed by atoms with E-state index in [1.807, 2.05) is 0 Å². The van der Waals surface area contributed by atoms with Gasteiger partial charge in [0.15, 0.2) is 0 Å². The van der Waals surface area contributed by atoms with E-state index in [2.05, 4.69) is 48.5 Å². The maximum atomic E-state index is 2.36. The minimum Gasteiger partial charge on any atom is -0.0628 e. The van der Waals surface area contributed by atoms with Crippen LogP contribution in [0, 0.1) is 23.2 Å². The van der Waals surface area contributed by atoms with Crippen molar-refractivity contribution in [1.29, 1.82) is 0 Å². The maximum Gasteiger partial charge on any atom is -0.0340 e. The van der Waals surface area contributed by atoms with E-state index < -0.39 is 0 Å². The monoisotopic (exact) mass is 170 g/mol. The zero-order valence-electron chi connectivity index (χ0n) is 9.94. The molecule has 0 saturated carbocycles. The molecule has 74 valence electrons. The smallest absolute Gasteiger partial charge is 0.0340 e. The Morgan fingerprint density at radius 3 is 1.42 bits per heavy atom. The summed E-state index contributed by atoms with van der Waals surface area (Å²) in [6.45, 7) is 16.4. The minimum absolute atomic E-state index is 0.471. The zero-order chi connectivity index (χ0) is 9.94. The highest BCUT2D eigenvalue weighted by Crippen LogP contribution is 2.36. The van der Waals surface area contributed by atoms with Gasteiger partial charge in [0.1, 0.15) is 0 Å². The minimum atomic E-state index is 0.471. The molecule has 0 radical (unpaired) electrons. The Balaban J connectivity index is 4.25. The van der Waals surface area contributed by atoms with Crippen molar-refractivity contribution >= 4 is 0 Å². The van der Waals surface area contributed by atoms with Gasteiger partial charge in [0.25, 0.3) is 0 Å². The molecule has 0 fully saturated rings. The molecule has 12 heavy (non-hydrogen) atoms. The second kappa shape index (κ2) is 4.30. The van der Waals surface area contributed by atoms with Crippen LogP contribution in [0.1, 0.15) is 54.9 Å². The Bertz CT molecular complexity index is 114. The van der Waals surface area contributed by atoms with Crippen LogP contribution in [0.3, 0.4) is 0 Å². The standard InChI is InChI=1S/C12H26/c1-9(2)8-11(10(3)4)12(5,6)7/h9-11H,8H2,1-7H3. The lowest BCUT2D eigenvalue weighted by molar-refractivity contribution is 0.148. The third-order valence-electron chi connectivity index (χ3n) is 2.64. The van der Waals surface area contributed by atoms with Crippen LogP contribution in [-0.2, 0) is 0 Å². The lowest BCUT2D eigenvalue weighted by Crippen LogP contribution is -2.26. The molecule has 0 bridgehead atoms. The molecule has 0 aliphatic carbocycles. The largest absolute Gasteiger partial charge is 0.0628 e. The van der Waals surface area contributed by atoms with Gasteiger partial charge < -0.3 is 0 Å². The van der Waals surface area contributed by atoms with Crippen LogP contribution in [0.2, 0.25) is 0 Å². The van der Waals surface area contributed by atoms with Gasteiger partial charge in [0.05, 0.1) is 0 Å². The first-order valence-corrected chi connectivity index (χ1v) is 5.25. The predicted molar refractivity (Wildman–Crippen MR) is 57.2 cm³/mol. The van der Waals surface area contributed by atoms with Gasteiger partial charge in [-0.05, 0) is 29.6 Å². The van der Waals surface area contributed by atoms with Crippen LogP contribution >= 0.6 is 0 Å². The number of rotatable bonds is 3. The molecule has 0 rings (SSSR count). The molecule has 0 spiro atoms. The Kier molecular flexibility index (Phi) is 4.30. The summed E-state index contributed by atoms with van der Waals surface area (Å²) >= 11 is 0. The second-order valence-corrected chi connectivity index (χ2v) is 5.85. The number of hydrogen-bond acceptors (Lipinski definition) is 0. The van der Waals surface area contributed by atoms with Gasteiger partial charge >= 0.3 is 0 Å². The molecule has 0 N–H and O–H groups in total. The van der Waals surface area contributed by atoms with Crippen LogP contribution in [0.5, 0.6) is 0 Å². The third kappa shape index (κ3) is 4.13. The summed E-state index contributed by atoms with van der Waals surface area (Å²) in [5.41, 5.74) is 0.471. The van der Waals surface area contributed by atoms with Gasteiger partial charge in [0.2, 0.25) is 0 Å². The molecule has 0 aliphatic rings. The van der Waals surface area contributed by atoms with Crippen LogP contribution < -0.4 is 0 Å². The van der Waals surface area contributed by atoms with Crippen molar-refractivity contribution in [2.75, 3.05) is 0 Å². The Morgan fingerprint density at radius 1 is 0.917 bits per heavy atom. The van der Waals surface area contributed by atoms with E-state index in [1.165, 1.54) is 6.42 Å². The molecule has 0 amide bonds. The summed E-state index contributed by atoms with van der Waals surface area (Å²) in [5, 5.41) is 0. The first kappa shape index (κ1) is 12.0. The highest BCUT2D eigenvalue weighted by molar-refractivity contribution is 4.77.